The molecule has 2 aromatic heterocycles. The average Bonchev–Trinajstić information content (AvgIpc) is 2.73. The molecule has 2 rings (SSSR count). The topological polar surface area (TPSA) is 64.3 Å². The van der Waals surface area contributed by atoms with Gasteiger partial charge >= 0.3 is 0 Å². The van der Waals surface area contributed by atoms with E-state index in [-0.39, 0.29) is 11.3 Å². The second kappa shape index (κ2) is 5.07. The molecule has 0 aliphatic heterocycles. The molecule has 0 aliphatic rings. The van der Waals surface area contributed by atoms with Crippen molar-refractivity contribution in [1.82, 2.24) is 9.55 Å². The number of fused-ring (bicyclic) bond motifs is 1. The highest BCUT2D eigenvalue weighted by Gasteiger charge is 2.13. The second-order valence-corrected chi connectivity index (χ2v) is 5.40. The normalized spacial score (nSPS) is 11.2. The van der Waals surface area contributed by atoms with Gasteiger partial charge in [0.2, 0.25) is 0 Å². The second-order valence-electron chi connectivity index (χ2n) is 3.35. The van der Waals surface area contributed by atoms with Gasteiger partial charge in [0.05, 0.1) is 13.2 Å². The van der Waals surface area contributed by atoms with Gasteiger partial charge in [0.1, 0.15) is 10.4 Å². The van der Waals surface area contributed by atoms with Crippen LogP contribution in [0.3, 0.4) is 0 Å². The number of hydrogen-bond donors (Lipinski definition) is 1. The fraction of sp³-hybridized carbons (Fsp3) is 0.400. The van der Waals surface area contributed by atoms with Gasteiger partial charge in [-0.2, -0.15) is 0 Å². The Bertz CT molecular complexity index is 591. The number of pyridine rings is 1. The molecule has 0 aliphatic carbocycles. The van der Waals surface area contributed by atoms with Crippen LogP contribution in [0.1, 0.15) is 0 Å². The minimum atomic E-state index is -0.259. The zero-order valence-electron chi connectivity index (χ0n) is 9.47. The largest absolute Gasteiger partial charge is 0.506 e. The van der Waals surface area contributed by atoms with E-state index in [1.54, 1.807) is 7.11 Å². The Hall–Kier alpha value is -1.05. The Morgan fingerprint density at radius 3 is 3.06 bits per heavy atom. The molecule has 2 aromatic rings. The molecule has 0 fully saturated rings. The van der Waals surface area contributed by atoms with Crippen molar-refractivity contribution in [2.75, 3.05) is 20.0 Å². The lowest BCUT2D eigenvalue weighted by molar-refractivity contribution is 0.187. The lowest BCUT2D eigenvalue weighted by atomic mass is 10.4. The summed E-state index contributed by atoms with van der Waals surface area (Å²) in [7, 11) is 1.58. The van der Waals surface area contributed by atoms with E-state index in [9.17, 15) is 9.90 Å². The van der Waals surface area contributed by atoms with Gasteiger partial charge in [-0.15, -0.1) is 11.3 Å². The smallest absolute Gasteiger partial charge is 0.256 e. The molecule has 2 heterocycles. The molecule has 17 heavy (non-hydrogen) atoms. The highest BCUT2D eigenvalue weighted by atomic mass is 32.2. The Balaban J connectivity index is 2.63. The third kappa shape index (κ3) is 2.31. The summed E-state index contributed by atoms with van der Waals surface area (Å²) < 4.78 is 7.95. The van der Waals surface area contributed by atoms with Crippen LogP contribution in [-0.2, 0) is 11.3 Å². The number of aromatic hydroxyl groups is 1. The average molecular weight is 272 g/mol. The van der Waals surface area contributed by atoms with Crippen LogP contribution in [-0.4, -0.2) is 34.6 Å². The molecule has 0 amide bonds. The maximum Gasteiger partial charge on any atom is 0.256 e. The Morgan fingerprint density at radius 2 is 2.41 bits per heavy atom. The molecule has 0 saturated heterocycles. The van der Waals surface area contributed by atoms with Crippen molar-refractivity contribution in [1.29, 1.82) is 0 Å². The lowest BCUT2D eigenvalue weighted by Crippen LogP contribution is -2.21. The maximum atomic E-state index is 11.8. The molecular weight excluding hydrogens is 260 g/mol. The van der Waals surface area contributed by atoms with Crippen molar-refractivity contribution in [3.05, 3.63) is 16.4 Å². The minimum Gasteiger partial charge on any atom is -0.506 e. The maximum absolute atomic E-state index is 11.8. The van der Waals surface area contributed by atoms with Crippen molar-refractivity contribution in [2.45, 2.75) is 10.9 Å². The van der Waals surface area contributed by atoms with E-state index in [1.807, 2.05) is 6.26 Å². The number of thiazole rings is 1. The van der Waals surface area contributed by atoms with Crippen molar-refractivity contribution in [3.63, 3.8) is 0 Å². The molecule has 0 atom stereocenters. The molecule has 0 saturated carbocycles. The third-order valence-electron chi connectivity index (χ3n) is 2.30. The first kappa shape index (κ1) is 12.4. The van der Waals surface area contributed by atoms with Crippen LogP contribution in [0.4, 0.5) is 0 Å². The minimum absolute atomic E-state index is 0.00327. The number of hydrogen-bond acceptors (Lipinski definition) is 6. The number of ether oxygens (including phenoxy) is 1. The van der Waals surface area contributed by atoms with Crippen molar-refractivity contribution in [3.8, 4) is 5.75 Å². The van der Waals surface area contributed by atoms with Gasteiger partial charge in [0.15, 0.2) is 9.99 Å². The quantitative estimate of drug-likeness (QED) is 0.855. The summed E-state index contributed by atoms with van der Waals surface area (Å²) in [5.74, 6) is -0.00327. The standard InChI is InChI=1S/C10H12N2O3S2/c1-15-4-3-12-7(14)5-6(13)8-9(12)11-10(16-2)17-8/h5,13H,3-4H2,1-2H3. The first-order valence-corrected chi connectivity index (χ1v) is 6.97. The zero-order chi connectivity index (χ0) is 12.4. The summed E-state index contributed by atoms with van der Waals surface area (Å²) >= 11 is 2.87. The zero-order valence-corrected chi connectivity index (χ0v) is 11.1. The first-order valence-electron chi connectivity index (χ1n) is 4.93. The van der Waals surface area contributed by atoms with Crippen LogP contribution in [0, 0.1) is 0 Å². The first-order chi connectivity index (χ1) is 8.17. The fourth-order valence-corrected chi connectivity index (χ4v) is 2.97. The molecule has 0 unspecified atom stereocenters. The summed E-state index contributed by atoms with van der Waals surface area (Å²) in [4.78, 5) is 16.1. The number of methoxy groups -OCH3 is 1. The van der Waals surface area contributed by atoms with Crippen LogP contribution >= 0.6 is 23.1 Å². The van der Waals surface area contributed by atoms with E-state index in [0.717, 1.165) is 4.34 Å². The van der Waals surface area contributed by atoms with Gasteiger partial charge in [0, 0.05) is 13.2 Å². The molecule has 92 valence electrons. The van der Waals surface area contributed by atoms with Crippen LogP contribution in [0.25, 0.3) is 10.3 Å². The van der Waals surface area contributed by atoms with Gasteiger partial charge < -0.3 is 9.84 Å². The summed E-state index contributed by atoms with van der Waals surface area (Å²) in [6, 6.07) is 1.22. The van der Waals surface area contributed by atoms with Gasteiger partial charge in [-0.1, -0.05) is 11.8 Å². The Morgan fingerprint density at radius 1 is 1.65 bits per heavy atom. The van der Waals surface area contributed by atoms with E-state index in [1.165, 1.54) is 33.7 Å². The number of nitrogens with zero attached hydrogens (tertiary/aromatic N) is 2. The predicted molar refractivity (Wildman–Crippen MR) is 69.2 cm³/mol. The molecule has 1 N–H and O–H groups in total. The molecule has 0 spiro atoms. The highest BCUT2D eigenvalue weighted by Crippen LogP contribution is 2.32. The molecule has 0 aromatic carbocycles. The summed E-state index contributed by atoms with van der Waals surface area (Å²) in [5.41, 5.74) is 0.270. The summed E-state index contributed by atoms with van der Waals surface area (Å²) in [6.07, 6.45) is 1.91. The molecule has 5 nitrogen and oxygen atoms in total. The third-order valence-corrected chi connectivity index (χ3v) is 4.35. The highest BCUT2D eigenvalue weighted by molar-refractivity contribution is 8.00. The number of aromatic nitrogens is 2. The molecule has 0 radical (unpaired) electrons. The summed E-state index contributed by atoms with van der Waals surface area (Å²) in [6.45, 7) is 0.871. The Kier molecular flexibility index (Phi) is 3.70. The van der Waals surface area contributed by atoms with E-state index in [0.29, 0.717) is 23.5 Å². The van der Waals surface area contributed by atoms with Crippen molar-refractivity contribution in [2.24, 2.45) is 0 Å². The fourth-order valence-electron chi connectivity index (χ4n) is 1.49. The molecule has 0 bridgehead atoms. The van der Waals surface area contributed by atoms with E-state index in [4.69, 9.17) is 4.74 Å². The lowest BCUT2D eigenvalue weighted by Gasteiger charge is -2.05. The molecule has 7 heteroatoms. The van der Waals surface area contributed by atoms with Crippen molar-refractivity contribution >= 4 is 33.4 Å². The van der Waals surface area contributed by atoms with E-state index < -0.39 is 0 Å². The number of rotatable bonds is 4. The van der Waals surface area contributed by atoms with Crippen molar-refractivity contribution < 1.29 is 9.84 Å². The van der Waals surface area contributed by atoms with Crippen LogP contribution in [0.2, 0.25) is 0 Å². The van der Waals surface area contributed by atoms with Gasteiger partial charge in [0.25, 0.3) is 5.56 Å². The molecular formula is C10H12N2O3S2. The summed E-state index contributed by atoms with van der Waals surface area (Å²) in [5, 5.41) is 9.73. The SMILES string of the molecule is COCCn1c(=O)cc(O)c2sc(SC)nc21. The van der Waals surface area contributed by atoms with E-state index >= 15 is 0 Å². The monoisotopic (exact) mass is 272 g/mol. The Labute approximate surface area is 106 Å². The predicted octanol–water partition coefficient (Wildman–Crippen LogP) is 1.53. The number of thioether (sulfide) groups is 1. The van der Waals surface area contributed by atoms with Gasteiger partial charge in [-0.05, 0) is 6.26 Å². The van der Waals surface area contributed by atoms with Crippen LogP contribution in [0.15, 0.2) is 15.2 Å². The van der Waals surface area contributed by atoms with Crippen LogP contribution < -0.4 is 5.56 Å². The van der Waals surface area contributed by atoms with Gasteiger partial charge in [-0.3, -0.25) is 9.36 Å². The van der Waals surface area contributed by atoms with Gasteiger partial charge in [-0.25, -0.2) is 4.98 Å². The van der Waals surface area contributed by atoms with Crippen LogP contribution in [0.5, 0.6) is 5.75 Å². The van der Waals surface area contributed by atoms with E-state index in [2.05, 4.69) is 4.98 Å².